The number of carbonyl (C=O) groups is 1. The molecule has 4 heterocycles. The van der Waals surface area contributed by atoms with Crippen LogP contribution in [-0.2, 0) is 11.3 Å². The van der Waals surface area contributed by atoms with E-state index in [4.69, 9.17) is 0 Å². The van der Waals surface area contributed by atoms with Crippen LogP contribution >= 0.6 is 0 Å². The van der Waals surface area contributed by atoms with Crippen molar-refractivity contribution >= 4 is 11.9 Å². The van der Waals surface area contributed by atoms with Crippen LogP contribution in [0.3, 0.4) is 0 Å². The molecule has 2 saturated heterocycles. The number of piperidine rings is 2. The van der Waals surface area contributed by atoms with Gasteiger partial charge in [-0.1, -0.05) is 0 Å². The van der Waals surface area contributed by atoms with E-state index in [1.807, 2.05) is 17.9 Å². The lowest BCUT2D eigenvalue weighted by Crippen LogP contribution is -2.54. The summed E-state index contributed by atoms with van der Waals surface area (Å²) in [7, 11) is 0. The van der Waals surface area contributed by atoms with Crippen molar-refractivity contribution < 1.29 is 4.79 Å². The van der Waals surface area contributed by atoms with Crippen LogP contribution in [0.25, 0.3) is 0 Å². The highest BCUT2D eigenvalue weighted by molar-refractivity contribution is 5.77. The molecule has 136 valence electrons. The van der Waals surface area contributed by atoms with Gasteiger partial charge in [0.25, 0.3) is 0 Å². The van der Waals surface area contributed by atoms with Crippen molar-refractivity contribution in [2.45, 2.75) is 39.2 Å². The number of aromatic nitrogens is 4. The smallest absolute Gasteiger partial charge is 0.225 e. The van der Waals surface area contributed by atoms with Crippen molar-refractivity contribution in [1.82, 2.24) is 24.8 Å². The Labute approximate surface area is 153 Å². The highest BCUT2D eigenvalue weighted by Gasteiger charge is 2.42. The maximum atomic E-state index is 12.5. The summed E-state index contributed by atoms with van der Waals surface area (Å²) in [5.74, 6) is 1.01. The molecule has 7 heteroatoms. The maximum Gasteiger partial charge on any atom is 0.225 e. The van der Waals surface area contributed by atoms with Crippen LogP contribution in [0.5, 0.6) is 0 Å². The second-order valence-electron chi connectivity index (χ2n) is 7.47. The minimum atomic E-state index is 0.115. The van der Waals surface area contributed by atoms with Gasteiger partial charge in [0.15, 0.2) is 0 Å². The average Bonchev–Trinajstić information content (AvgIpc) is 2.68. The van der Waals surface area contributed by atoms with Gasteiger partial charge in [-0.2, -0.15) is 0 Å². The van der Waals surface area contributed by atoms with Crippen molar-refractivity contribution in [1.29, 1.82) is 0 Å². The number of carbonyl (C=O) groups excluding carboxylic acids is 1. The van der Waals surface area contributed by atoms with Gasteiger partial charge in [0.05, 0.1) is 24.1 Å². The molecule has 0 radical (unpaired) electrons. The van der Waals surface area contributed by atoms with Crippen LogP contribution in [0, 0.1) is 12.3 Å². The van der Waals surface area contributed by atoms with Gasteiger partial charge < -0.3 is 9.80 Å². The number of nitrogens with zero attached hydrogens (tertiary/aromatic N) is 6. The number of aryl methyl sites for hydroxylation is 1. The van der Waals surface area contributed by atoms with Gasteiger partial charge in [0, 0.05) is 50.1 Å². The van der Waals surface area contributed by atoms with E-state index in [-0.39, 0.29) is 11.3 Å². The lowest BCUT2D eigenvalue weighted by Gasteiger charge is -2.48. The first-order valence-electron chi connectivity index (χ1n) is 9.21. The number of hydrogen-bond acceptors (Lipinski definition) is 6. The SMILES string of the molecule is Cc1cnc(CN2CC3(CCCN(c4ncccn4)C3)CCC2=O)cn1. The fraction of sp³-hybridized carbons (Fsp3) is 0.526. The van der Waals surface area contributed by atoms with Gasteiger partial charge in [-0.05, 0) is 32.3 Å². The van der Waals surface area contributed by atoms with Crippen LogP contribution in [0.15, 0.2) is 30.9 Å². The number of anilines is 1. The fourth-order valence-corrected chi connectivity index (χ4v) is 4.11. The van der Waals surface area contributed by atoms with E-state index >= 15 is 0 Å². The third kappa shape index (κ3) is 3.52. The quantitative estimate of drug-likeness (QED) is 0.841. The summed E-state index contributed by atoms with van der Waals surface area (Å²) in [5.41, 5.74) is 1.85. The highest BCUT2D eigenvalue weighted by atomic mass is 16.2. The van der Waals surface area contributed by atoms with Crippen LogP contribution in [0.1, 0.15) is 37.1 Å². The molecule has 0 saturated carbocycles. The van der Waals surface area contributed by atoms with Crippen LogP contribution in [-0.4, -0.2) is 50.4 Å². The summed E-state index contributed by atoms with van der Waals surface area (Å²) in [6.45, 7) is 5.10. The van der Waals surface area contributed by atoms with Crippen molar-refractivity contribution in [3.8, 4) is 0 Å². The van der Waals surface area contributed by atoms with Gasteiger partial charge in [0.2, 0.25) is 11.9 Å². The molecule has 4 rings (SSSR count). The van der Waals surface area contributed by atoms with Gasteiger partial charge in [0.1, 0.15) is 0 Å². The molecular formula is C19H24N6O. The summed E-state index contributed by atoms with van der Waals surface area (Å²) >= 11 is 0. The van der Waals surface area contributed by atoms with E-state index in [0.29, 0.717) is 13.0 Å². The topological polar surface area (TPSA) is 75.1 Å². The Hall–Kier alpha value is -2.57. The number of likely N-dealkylation sites (tertiary alicyclic amines) is 1. The summed E-state index contributed by atoms with van der Waals surface area (Å²) in [5, 5.41) is 0. The Morgan fingerprint density at radius 2 is 1.92 bits per heavy atom. The molecule has 26 heavy (non-hydrogen) atoms. The lowest BCUT2D eigenvalue weighted by atomic mass is 9.73. The molecule has 0 aliphatic carbocycles. The van der Waals surface area contributed by atoms with Gasteiger partial charge in [-0.25, -0.2) is 9.97 Å². The zero-order valence-electron chi connectivity index (χ0n) is 15.1. The molecule has 1 amide bonds. The lowest BCUT2D eigenvalue weighted by molar-refractivity contribution is -0.138. The first kappa shape index (κ1) is 16.9. The van der Waals surface area contributed by atoms with Gasteiger partial charge in [-0.15, -0.1) is 0 Å². The predicted octanol–water partition coefficient (Wildman–Crippen LogP) is 1.98. The van der Waals surface area contributed by atoms with Crippen molar-refractivity contribution in [2.75, 3.05) is 24.5 Å². The molecule has 0 aromatic carbocycles. The summed E-state index contributed by atoms with van der Waals surface area (Å²) in [6, 6.07) is 1.84. The predicted molar refractivity (Wildman–Crippen MR) is 97.3 cm³/mol. The number of hydrogen-bond donors (Lipinski definition) is 0. The second kappa shape index (κ2) is 6.97. The average molecular weight is 352 g/mol. The summed E-state index contributed by atoms with van der Waals surface area (Å²) in [6.07, 6.45) is 10.9. The Bertz CT molecular complexity index is 765. The van der Waals surface area contributed by atoms with E-state index in [0.717, 1.165) is 56.2 Å². The van der Waals surface area contributed by atoms with E-state index in [9.17, 15) is 4.79 Å². The molecule has 2 aromatic rings. The minimum Gasteiger partial charge on any atom is -0.340 e. The summed E-state index contributed by atoms with van der Waals surface area (Å²) in [4.78, 5) is 34.2. The zero-order chi connectivity index (χ0) is 18.0. The van der Waals surface area contributed by atoms with Gasteiger partial charge >= 0.3 is 0 Å². The van der Waals surface area contributed by atoms with Crippen molar-refractivity contribution in [3.05, 3.63) is 42.2 Å². The van der Waals surface area contributed by atoms with Crippen molar-refractivity contribution in [3.63, 3.8) is 0 Å². The van der Waals surface area contributed by atoms with Crippen LogP contribution in [0.4, 0.5) is 5.95 Å². The molecule has 1 atom stereocenters. The van der Waals surface area contributed by atoms with Crippen molar-refractivity contribution in [2.24, 2.45) is 5.41 Å². The van der Waals surface area contributed by atoms with Crippen LogP contribution in [0.2, 0.25) is 0 Å². The molecule has 1 spiro atoms. The third-order valence-electron chi connectivity index (χ3n) is 5.43. The minimum absolute atomic E-state index is 0.115. The molecular weight excluding hydrogens is 328 g/mol. The summed E-state index contributed by atoms with van der Waals surface area (Å²) < 4.78 is 0. The highest BCUT2D eigenvalue weighted by Crippen LogP contribution is 2.39. The van der Waals surface area contributed by atoms with Crippen LogP contribution < -0.4 is 4.90 Å². The molecule has 2 aromatic heterocycles. The van der Waals surface area contributed by atoms with E-state index in [2.05, 4.69) is 24.8 Å². The zero-order valence-corrected chi connectivity index (χ0v) is 15.1. The number of rotatable bonds is 3. The third-order valence-corrected chi connectivity index (χ3v) is 5.43. The monoisotopic (exact) mass is 352 g/mol. The molecule has 2 fully saturated rings. The second-order valence-corrected chi connectivity index (χ2v) is 7.47. The van der Waals surface area contributed by atoms with E-state index < -0.39 is 0 Å². The fourth-order valence-electron chi connectivity index (χ4n) is 4.11. The maximum absolute atomic E-state index is 12.5. The Morgan fingerprint density at radius 1 is 1.08 bits per heavy atom. The normalized spacial score (nSPS) is 23.5. The molecule has 2 aliphatic heterocycles. The molecule has 2 aliphatic rings. The molecule has 1 unspecified atom stereocenters. The Morgan fingerprint density at radius 3 is 2.69 bits per heavy atom. The Kier molecular flexibility index (Phi) is 4.53. The van der Waals surface area contributed by atoms with Gasteiger partial charge in [-0.3, -0.25) is 14.8 Å². The molecule has 0 N–H and O–H groups in total. The number of amides is 1. The standard InChI is InChI=1S/C19H24N6O/c1-15-10-23-16(11-22-15)12-25-14-19(6-4-17(25)26)5-2-9-24(13-19)18-20-7-3-8-21-18/h3,7-8,10-11H,2,4-6,9,12-14H2,1H3. The largest absolute Gasteiger partial charge is 0.340 e. The Balaban J connectivity index is 1.49. The first-order valence-corrected chi connectivity index (χ1v) is 9.21. The molecule has 0 bridgehead atoms. The van der Waals surface area contributed by atoms with E-state index in [1.54, 1.807) is 24.8 Å². The first-order chi connectivity index (χ1) is 12.6. The van der Waals surface area contributed by atoms with E-state index in [1.165, 1.54) is 0 Å². The molecule has 7 nitrogen and oxygen atoms in total.